The SMILES string of the molecule is CCOC(=O)C1=C(C)N=c2s/c(=C\c3ccc([N+](=O)[O-])cc3)c(=O)n2[C@H]1c1ccc(N(C)C)cc1. The Morgan fingerprint density at radius 3 is 2.43 bits per heavy atom. The molecule has 0 unspecified atom stereocenters. The summed E-state index contributed by atoms with van der Waals surface area (Å²) in [6, 6.07) is 12.9. The Morgan fingerprint density at radius 2 is 1.86 bits per heavy atom. The van der Waals surface area contributed by atoms with Gasteiger partial charge in [0, 0.05) is 31.9 Å². The highest BCUT2D eigenvalue weighted by Gasteiger charge is 2.33. The lowest BCUT2D eigenvalue weighted by Gasteiger charge is -2.25. The number of carbonyl (C=O) groups is 1. The number of esters is 1. The van der Waals surface area contributed by atoms with E-state index in [0.717, 1.165) is 11.3 Å². The number of nitro groups is 1. The molecule has 1 aliphatic heterocycles. The maximum Gasteiger partial charge on any atom is 0.338 e. The predicted molar refractivity (Wildman–Crippen MR) is 134 cm³/mol. The largest absolute Gasteiger partial charge is 0.463 e. The molecule has 0 amide bonds. The number of allylic oxidation sites excluding steroid dienone is 1. The van der Waals surface area contributed by atoms with Crippen LogP contribution in [0.15, 0.2) is 69.6 Å². The van der Waals surface area contributed by atoms with Gasteiger partial charge in [0.1, 0.15) is 0 Å². The summed E-state index contributed by atoms with van der Waals surface area (Å²) in [4.78, 5) is 44.0. The van der Waals surface area contributed by atoms with Crippen molar-refractivity contribution in [2.75, 3.05) is 25.6 Å². The number of hydrogen-bond acceptors (Lipinski definition) is 8. The number of non-ortho nitro benzene ring substituents is 1. The second-order valence-corrected chi connectivity index (χ2v) is 9.15. The molecule has 0 aliphatic carbocycles. The number of hydrogen-bond donors (Lipinski definition) is 0. The first-order valence-electron chi connectivity index (χ1n) is 10.9. The highest BCUT2D eigenvalue weighted by molar-refractivity contribution is 7.07. The minimum Gasteiger partial charge on any atom is -0.463 e. The molecule has 1 atom stereocenters. The van der Waals surface area contributed by atoms with E-state index in [0.29, 0.717) is 26.2 Å². The van der Waals surface area contributed by atoms with Crippen molar-refractivity contribution < 1.29 is 14.5 Å². The molecule has 1 aliphatic rings. The van der Waals surface area contributed by atoms with E-state index in [-0.39, 0.29) is 17.9 Å². The van der Waals surface area contributed by atoms with Crippen LogP contribution in [0.25, 0.3) is 6.08 Å². The molecule has 9 nitrogen and oxygen atoms in total. The van der Waals surface area contributed by atoms with Crippen LogP contribution in [0.1, 0.15) is 31.0 Å². The molecule has 4 rings (SSSR count). The second kappa shape index (κ2) is 9.67. The van der Waals surface area contributed by atoms with Gasteiger partial charge in [0.15, 0.2) is 4.80 Å². The van der Waals surface area contributed by atoms with Gasteiger partial charge in [-0.15, -0.1) is 0 Å². The van der Waals surface area contributed by atoms with E-state index in [2.05, 4.69) is 4.99 Å². The average Bonchev–Trinajstić information content (AvgIpc) is 3.13. The van der Waals surface area contributed by atoms with E-state index in [1.807, 2.05) is 43.3 Å². The van der Waals surface area contributed by atoms with E-state index < -0.39 is 16.9 Å². The quantitative estimate of drug-likeness (QED) is 0.298. The highest BCUT2D eigenvalue weighted by Crippen LogP contribution is 2.31. The van der Waals surface area contributed by atoms with Gasteiger partial charge in [0.25, 0.3) is 11.2 Å². The summed E-state index contributed by atoms with van der Waals surface area (Å²) in [7, 11) is 3.87. The Bertz CT molecular complexity index is 1500. The lowest BCUT2D eigenvalue weighted by molar-refractivity contribution is -0.384. The summed E-state index contributed by atoms with van der Waals surface area (Å²) in [5.41, 5.74) is 2.87. The fourth-order valence-corrected chi connectivity index (χ4v) is 4.95. The topological polar surface area (TPSA) is 107 Å². The zero-order valence-corrected chi connectivity index (χ0v) is 20.5. The zero-order valence-electron chi connectivity index (χ0n) is 19.7. The highest BCUT2D eigenvalue weighted by atomic mass is 32.1. The van der Waals surface area contributed by atoms with E-state index in [1.54, 1.807) is 32.1 Å². The third-order valence-electron chi connectivity index (χ3n) is 5.64. The second-order valence-electron chi connectivity index (χ2n) is 8.14. The predicted octanol–water partition coefficient (Wildman–Crippen LogP) is 2.77. The maximum atomic E-state index is 13.6. The van der Waals surface area contributed by atoms with Gasteiger partial charge in [-0.3, -0.25) is 19.5 Å². The van der Waals surface area contributed by atoms with Crippen LogP contribution in [0.5, 0.6) is 0 Å². The van der Waals surface area contributed by atoms with Gasteiger partial charge in [0.2, 0.25) is 0 Å². The first-order chi connectivity index (χ1) is 16.7. The number of fused-ring (bicyclic) bond motifs is 1. The molecular formula is C25H24N4O5S. The number of thiazole rings is 1. The van der Waals surface area contributed by atoms with Crippen molar-refractivity contribution in [3.63, 3.8) is 0 Å². The normalized spacial score (nSPS) is 15.4. The molecule has 2 aromatic carbocycles. The molecule has 1 aromatic heterocycles. The Labute approximate surface area is 205 Å². The summed E-state index contributed by atoms with van der Waals surface area (Å²) < 4.78 is 7.24. The molecule has 10 heteroatoms. The molecule has 3 aromatic rings. The minimum absolute atomic E-state index is 0.0283. The van der Waals surface area contributed by atoms with Crippen LogP contribution < -0.4 is 19.8 Å². The van der Waals surface area contributed by atoms with Gasteiger partial charge in [-0.25, -0.2) is 9.79 Å². The van der Waals surface area contributed by atoms with E-state index in [1.165, 1.54) is 28.0 Å². The monoisotopic (exact) mass is 492 g/mol. The van der Waals surface area contributed by atoms with Crippen LogP contribution in [0.4, 0.5) is 11.4 Å². The molecule has 0 radical (unpaired) electrons. The number of ether oxygens (including phenoxy) is 1. The molecular weight excluding hydrogens is 468 g/mol. The van der Waals surface area contributed by atoms with Crippen molar-refractivity contribution in [3.05, 3.63) is 101 Å². The molecule has 0 fully saturated rings. The van der Waals surface area contributed by atoms with Crippen molar-refractivity contribution in [1.82, 2.24) is 4.57 Å². The van der Waals surface area contributed by atoms with Gasteiger partial charge in [-0.2, -0.15) is 0 Å². The molecule has 0 saturated carbocycles. The summed E-state index contributed by atoms with van der Waals surface area (Å²) >= 11 is 1.20. The first-order valence-corrected chi connectivity index (χ1v) is 11.7. The van der Waals surface area contributed by atoms with Gasteiger partial charge in [-0.05, 0) is 55.3 Å². The fraction of sp³-hybridized carbons (Fsp3) is 0.240. The van der Waals surface area contributed by atoms with E-state index >= 15 is 0 Å². The van der Waals surface area contributed by atoms with Gasteiger partial charge in [-0.1, -0.05) is 23.5 Å². The molecule has 180 valence electrons. The average molecular weight is 493 g/mol. The number of nitro benzene ring substituents is 1. The van der Waals surface area contributed by atoms with Gasteiger partial charge < -0.3 is 9.64 Å². The lowest BCUT2D eigenvalue weighted by Crippen LogP contribution is -2.39. The number of nitrogens with zero attached hydrogens (tertiary/aromatic N) is 4. The molecule has 2 heterocycles. The number of aromatic nitrogens is 1. The fourth-order valence-electron chi connectivity index (χ4n) is 3.91. The molecule has 35 heavy (non-hydrogen) atoms. The van der Waals surface area contributed by atoms with Crippen molar-refractivity contribution in [3.8, 4) is 0 Å². The third kappa shape index (κ3) is 4.65. The standard InChI is InChI=1S/C25H24N4O5S/c1-5-34-24(31)21-15(2)26-25-28(22(21)17-8-12-18(13-9-17)27(3)4)23(30)20(35-25)14-16-6-10-19(11-7-16)29(32)33/h6-14,22H,5H2,1-4H3/b20-14-/t22-/m0/s1. The van der Waals surface area contributed by atoms with Crippen LogP contribution in [-0.2, 0) is 9.53 Å². The van der Waals surface area contributed by atoms with Crippen molar-refractivity contribution >= 4 is 34.8 Å². The van der Waals surface area contributed by atoms with E-state index in [9.17, 15) is 19.7 Å². The minimum atomic E-state index is -0.694. The smallest absolute Gasteiger partial charge is 0.338 e. The molecule has 0 spiro atoms. The summed E-state index contributed by atoms with van der Waals surface area (Å²) in [6.45, 7) is 3.67. The number of rotatable bonds is 6. The lowest BCUT2D eigenvalue weighted by atomic mass is 9.95. The maximum absolute atomic E-state index is 13.6. The Hall–Kier alpha value is -4.05. The Balaban J connectivity index is 1.89. The molecule has 0 saturated heterocycles. The number of benzene rings is 2. The van der Waals surface area contributed by atoms with Gasteiger partial charge in [0.05, 0.1) is 33.4 Å². The number of anilines is 1. The van der Waals surface area contributed by atoms with Crippen molar-refractivity contribution in [1.29, 1.82) is 0 Å². The third-order valence-corrected chi connectivity index (χ3v) is 6.63. The molecule has 0 N–H and O–H groups in total. The van der Waals surface area contributed by atoms with Crippen LogP contribution in [-0.4, -0.2) is 36.2 Å². The van der Waals surface area contributed by atoms with Crippen LogP contribution >= 0.6 is 11.3 Å². The Kier molecular flexibility index (Phi) is 6.65. The van der Waals surface area contributed by atoms with Gasteiger partial charge >= 0.3 is 5.97 Å². The Morgan fingerprint density at radius 1 is 1.20 bits per heavy atom. The summed E-state index contributed by atoms with van der Waals surface area (Å²) in [5, 5.41) is 10.9. The van der Waals surface area contributed by atoms with Crippen molar-refractivity contribution in [2.45, 2.75) is 19.9 Å². The molecule has 0 bridgehead atoms. The summed E-state index contributed by atoms with van der Waals surface area (Å²) in [6.07, 6.45) is 1.67. The van der Waals surface area contributed by atoms with Crippen LogP contribution in [0.2, 0.25) is 0 Å². The van der Waals surface area contributed by atoms with Crippen molar-refractivity contribution in [2.24, 2.45) is 4.99 Å². The number of carbonyl (C=O) groups excluding carboxylic acids is 1. The van der Waals surface area contributed by atoms with E-state index in [4.69, 9.17) is 4.74 Å². The summed E-state index contributed by atoms with van der Waals surface area (Å²) in [5.74, 6) is -0.514. The first kappa shape index (κ1) is 24.1. The zero-order chi connectivity index (χ0) is 25.3. The van der Waals surface area contributed by atoms with Crippen LogP contribution in [0, 0.1) is 10.1 Å². The van der Waals surface area contributed by atoms with Crippen LogP contribution in [0.3, 0.4) is 0 Å².